The van der Waals surface area contributed by atoms with Crippen LogP contribution in [0.15, 0.2) is 12.2 Å². The number of nitrogens with two attached hydrogens (primary N) is 1. The highest BCUT2D eigenvalue weighted by molar-refractivity contribution is 4.87. The van der Waals surface area contributed by atoms with E-state index in [0.29, 0.717) is 6.54 Å². The van der Waals surface area contributed by atoms with Crippen molar-refractivity contribution in [3.63, 3.8) is 0 Å². The molecule has 0 spiro atoms. The van der Waals surface area contributed by atoms with Crippen LogP contribution >= 0.6 is 0 Å². The van der Waals surface area contributed by atoms with E-state index in [0.717, 1.165) is 12.6 Å². The normalized spacial score (nSPS) is 21.1. The van der Waals surface area contributed by atoms with E-state index in [4.69, 9.17) is 5.73 Å². The first kappa shape index (κ1) is 11.7. The Morgan fingerprint density at radius 1 is 1.29 bits per heavy atom. The van der Waals surface area contributed by atoms with Crippen molar-refractivity contribution in [2.75, 3.05) is 40.3 Å². The van der Waals surface area contributed by atoms with E-state index in [1.165, 1.54) is 25.9 Å². The fourth-order valence-corrected chi connectivity index (χ4v) is 1.94. The molecule has 1 aliphatic heterocycles. The van der Waals surface area contributed by atoms with Gasteiger partial charge in [0.2, 0.25) is 0 Å². The largest absolute Gasteiger partial charge is 0.327 e. The molecule has 1 heterocycles. The molecule has 0 aromatic heterocycles. The summed E-state index contributed by atoms with van der Waals surface area (Å²) >= 11 is 0. The van der Waals surface area contributed by atoms with Crippen molar-refractivity contribution in [2.45, 2.75) is 18.9 Å². The van der Waals surface area contributed by atoms with Gasteiger partial charge in [-0.15, -0.1) is 0 Å². The van der Waals surface area contributed by atoms with Crippen LogP contribution in [0.5, 0.6) is 0 Å². The molecule has 1 saturated heterocycles. The predicted molar refractivity (Wildman–Crippen MR) is 61.3 cm³/mol. The highest BCUT2D eigenvalue weighted by atomic mass is 15.2. The Hall–Kier alpha value is -0.380. The van der Waals surface area contributed by atoms with Gasteiger partial charge in [0.1, 0.15) is 0 Å². The van der Waals surface area contributed by atoms with Crippen molar-refractivity contribution in [2.24, 2.45) is 5.73 Å². The van der Waals surface area contributed by atoms with Crippen molar-refractivity contribution in [3.8, 4) is 0 Å². The van der Waals surface area contributed by atoms with Gasteiger partial charge in [-0.1, -0.05) is 12.2 Å². The second-order valence-electron chi connectivity index (χ2n) is 4.20. The number of piperidine rings is 1. The van der Waals surface area contributed by atoms with Crippen LogP contribution in [0, 0.1) is 0 Å². The summed E-state index contributed by atoms with van der Waals surface area (Å²) < 4.78 is 0. The van der Waals surface area contributed by atoms with E-state index >= 15 is 0 Å². The molecule has 0 bridgehead atoms. The Bertz CT molecular complexity index is 169. The summed E-state index contributed by atoms with van der Waals surface area (Å²) in [6.07, 6.45) is 6.81. The van der Waals surface area contributed by atoms with Crippen LogP contribution < -0.4 is 5.73 Å². The molecular weight excluding hydrogens is 174 g/mol. The van der Waals surface area contributed by atoms with Crippen LogP contribution in [0.25, 0.3) is 0 Å². The summed E-state index contributed by atoms with van der Waals surface area (Å²) in [6, 6.07) is 0.782. The molecule has 0 aromatic rings. The second-order valence-corrected chi connectivity index (χ2v) is 4.20. The van der Waals surface area contributed by atoms with Crippen LogP contribution in [0.1, 0.15) is 12.8 Å². The molecule has 1 fully saturated rings. The van der Waals surface area contributed by atoms with E-state index in [9.17, 15) is 0 Å². The van der Waals surface area contributed by atoms with Gasteiger partial charge in [0.15, 0.2) is 0 Å². The number of hydrogen-bond donors (Lipinski definition) is 1. The Balaban J connectivity index is 2.19. The van der Waals surface area contributed by atoms with E-state index < -0.39 is 0 Å². The van der Waals surface area contributed by atoms with Gasteiger partial charge in [0.25, 0.3) is 0 Å². The Kier molecular flexibility index (Phi) is 5.15. The van der Waals surface area contributed by atoms with Gasteiger partial charge in [-0.25, -0.2) is 0 Å². The minimum Gasteiger partial charge on any atom is -0.327 e. The fraction of sp³-hybridized carbons (Fsp3) is 0.818. The molecule has 0 radical (unpaired) electrons. The van der Waals surface area contributed by atoms with Gasteiger partial charge in [-0.3, -0.25) is 4.90 Å². The molecular formula is C11H23N3. The molecule has 0 atom stereocenters. The maximum absolute atomic E-state index is 5.39. The Labute approximate surface area is 87.6 Å². The topological polar surface area (TPSA) is 32.5 Å². The first-order valence-electron chi connectivity index (χ1n) is 5.48. The minimum atomic E-state index is 0.661. The highest BCUT2D eigenvalue weighted by Gasteiger charge is 2.19. The molecule has 0 aliphatic carbocycles. The third kappa shape index (κ3) is 3.78. The number of hydrogen-bond acceptors (Lipinski definition) is 3. The van der Waals surface area contributed by atoms with Crippen LogP contribution in [-0.2, 0) is 0 Å². The van der Waals surface area contributed by atoms with E-state index in [-0.39, 0.29) is 0 Å². The zero-order chi connectivity index (χ0) is 10.4. The van der Waals surface area contributed by atoms with Crippen LogP contribution in [0.4, 0.5) is 0 Å². The molecule has 0 amide bonds. The van der Waals surface area contributed by atoms with Crippen LogP contribution in [0.2, 0.25) is 0 Å². The average molecular weight is 197 g/mol. The maximum atomic E-state index is 5.39. The molecule has 1 aliphatic rings. The van der Waals surface area contributed by atoms with Gasteiger partial charge >= 0.3 is 0 Å². The first-order chi connectivity index (χ1) is 6.74. The number of likely N-dealkylation sites (tertiary alicyclic amines) is 1. The lowest BCUT2D eigenvalue weighted by atomic mass is 10.0. The van der Waals surface area contributed by atoms with Gasteiger partial charge < -0.3 is 10.6 Å². The highest BCUT2D eigenvalue weighted by Crippen LogP contribution is 2.13. The summed E-state index contributed by atoms with van der Waals surface area (Å²) in [4.78, 5) is 4.83. The Morgan fingerprint density at radius 3 is 2.43 bits per heavy atom. The van der Waals surface area contributed by atoms with Crippen LogP contribution in [0.3, 0.4) is 0 Å². The first-order valence-corrected chi connectivity index (χ1v) is 5.48. The van der Waals surface area contributed by atoms with Gasteiger partial charge in [-0.2, -0.15) is 0 Å². The van der Waals surface area contributed by atoms with E-state index in [1.54, 1.807) is 0 Å². The molecule has 0 aromatic carbocycles. The van der Waals surface area contributed by atoms with Crippen LogP contribution in [-0.4, -0.2) is 56.1 Å². The van der Waals surface area contributed by atoms with Crippen molar-refractivity contribution >= 4 is 0 Å². The van der Waals surface area contributed by atoms with Gasteiger partial charge in [-0.05, 0) is 40.0 Å². The minimum absolute atomic E-state index is 0.661. The third-order valence-electron chi connectivity index (χ3n) is 2.95. The fourth-order valence-electron chi connectivity index (χ4n) is 1.94. The molecule has 0 saturated carbocycles. The lowest BCUT2D eigenvalue weighted by Crippen LogP contribution is -2.41. The van der Waals surface area contributed by atoms with Crippen molar-refractivity contribution in [1.82, 2.24) is 9.80 Å². The molecule has 82 valence electrons. The SMILES string of the molecule is CN(C)C1CCN(CC=CCN)CC1. The molecule has 1 rings (SSSR count). The monoisotopic (exact) mass is 197 g/mol. The quantitative estimate of drug-likeness (QED) is 0.667. The zero-order valence-corrected chi connectivity index (χ0v) is 9.45. The lowest BCUT2D eigenvalue weighted by Gasteiger charge is -2.34. The number of nitrogens with zero attached hydrogens (tertiary/aromatic N) is 2. The number of rotatable bonds is 4. The molecule has 14 heavy (non-hydrogen) atoms. The smallest absolute Gasteiger partial charge is 0.0163 e. The van der Waals surface area contributed by atoms with Crippen molar-refractivity contribution in [1.29, 1.82) is 0 Å². The summed E-state index contributed by atoms with van der Waals surface area (Å²) in [5.74, 6) is 0. The predicted octanol–water partition coefficient (Wildman–Crippen LogP) is 0.527. The third-order valence-corrected chi connectivity index (χ3v) is 2.95. The van der Waals surface area contributed by atoms with E-state index in [2.05, 4.69) is 30.0 Å². The maximum Gasteiger partial charge on any atom is 0.0163 e. The molecule has 3 heteroatoms. The molecule has 2 N–H and O–H groups in total. The average Bonchev–Trinajstić information content (AvgIpc) is 2.19. The summed E-state index contributed by atoms with van der Waals surface area (Å²) in [5, 5.41) is 0. The summed E-state index contributed by atoms with van der Waals surface area (Å²) in [6.45, 7) is 4.17. The van der Waals surface area contributed by atoms with E-state index in [1.807, 2.05) is 6.08 Å². The lowest BCUT2D eigenvalue weighted by molar-refractivity contribution is 0.155. The van der Waals surface area contributed by atoms with Gasteiger partial charge in [0, 0.05) is 19.1 Å². The molecule has 0 unspecified atom stereocenters. The standard InChI is InChI=1S/C11H23N3/c1-13(2)11-5-9-14(10-6-11)8-4-3-7-12/h3-4,11H,5-10,12H2,1-2H3. The summed E-state index contributed by atoms with van der Waals surface area (Å²) in [5.41, 5.74) is 5.39. The second kappa shape index (κ2) is 6.17. The summed E-state index contributed by atoms with van der Waals surface area (Å²) in [7, 11) is 4.35. The Morgan fingerprint density at radius 2 is 1.93 bits per heavy atom. The van der Waals surface area contributed by atoms with Gasteiger partial charge in [0.05, 0.1) is 0 Å². The van der Waals surface area contributed by atoms with Crippen molar-refractivity contribution < 1.29 is 0 Å². The van der Waals surface area contributed by atoms with Crippen molar-refractivity contribution in [3.05, 3.63) is 12.2 Å². The molecule has 3 nitrogen and oxygen atoms in total. The zero-order valence-electron chi connectivity index (χ0n) is 9.45.